The molecular formula is C16H25NO3. The maximum absolute atomic E-state index is 12.0. The largest absolute Gasteiger partial charge is 0.493 e. The number of methoxy groups -OCH3 is 1. The van der Waals surface area contributed by atoms with E-state index in [0.29, 0.717) is 30.2 Å². The summed E-state index contributed by atoms with van der Waals surface area (Å²) < 4.78 is 10.7. The highest BCUT2D eigenvalue weighted by Gasteiger charge is 2.10. The molecule has 0 aliphatic rings. The molecule has 1 aromatic carbocycles. The molecule has 0 heterocycles. The number of amides is 1. The second-order valence-electron chi connectivity index (χ2n) is 4.62. The van der Waals surface area contributed by atoms with E-state index in [-0.39, 0.29) is 5.91 Å². The van der Waals surface area contributed by atoms with Crippen LogP contribution in [-0.4, -0.2) is 26.2 Å². The zero-order chi connectivity index (χ0) is 14.8. The first-order chi connectivity index (χ1) is 9.72. The molecule has 0 aliphatic heterocycles. The molecule has 0 aliphatic carbocycles. The first-order valence-corrected chi connectivity index (χ1v) is 7.32. The minimum Gasteiger partial charge on any atom is -0.493 e. The van der Waals surface area contributed by atoms with Gasteiger partial charge >= 0.3 is 0 Å². The molecule has 0 spiro atoms. The van der Waals surface area contributed by atoms with Crippen LogP contribution >= 0.6 is 0 Å². The average molecular weight is 279 g/mol. The number of hydrogen-bond donors (Lipinski definition) is 1. The highest BCUT2D eigenvalue weighted by Crippen LogP contribution is 2.27. The van der Waals surface area contributed by atoms with Crippen molar-refractivity contribution in [1.82, 2.24) is 5.32 Å². The number of rotatable bonds is 9. The van der Waals surface area contributed by atoms with Crippen LogP contribution in [0.15, 0.2) is 18.2 Å². The van der Waals surface area contributed by atoms with Gasteiger partial charge in [0, 0.05) is 12.1 Å². The molecule has 0 saturated heterocycles. The molecule has 1 N–H and O–H groups in total. The Morgan fingerprint density at radius 3 is 2.60 bits per heavy atom. The highest BCUT2D eigenvalue weighted by molar-refractivity contribution is 5.94. The third kappa shape index (κ3) is 5.11. The third-order valence-electron chi connectivity index (χ3n) is 3.04. The van der Waals surface area contributed by atoms with Crippen LogP contribution in [0, 0.1) is 0 Å². The summed E-state index contributed by atoms with van der Waals surface area (Å²) >= 11 is 0. The van der Waals surface area contributed by atoms with E-state index in [1.54, 1.807) is 25.3 Å². The lowest BCUT2D eigenvalue weighted by molar-refractivity contribution is 0.0952. The molecule has 0 saturated carbocycles. The number of carbonyl (C=O) groups is 1. The summed E-state index contributed by atoms with van der Waals surface area (Å²) in [6.45, 7) is 5.37. The van der Waals surface area contributed by atoms with Crippen LogP contribution in [0.3, 0.4) is 0 Å². The van der Waals surface area contributed by atoms with Crippen molar-refractivity contribution in [2.24, 2.45) is 0 Å². The quantitative estimate of drug-likeness (QED) is 0.705. The second-order valence-corrected chi connectivity index (χ2v) is 4.62. The first-order valence-electron chi connectivity index (χ1n) is 7.32. The molecule has 0 aromatic heterocycles. The Hall–Kier alpha value is -1.71. The van der Waals surface area contributed by atoms with Crippen LogP contribution < -0.4 is 14.8 Å². The molecule has 0 radical (unpaired) electrons. The van der Waals surface area contributed by atoms with Gasteiger partial charge in [0.15, 0.2) is 11.5 Å². The van der Waals surface area contributed by atoms with Gasteiger partial charge in [-0.2, -0.15) is 0 Å². The topological polar surface area (TPSA) is 47.6 Å². The van der Waals surface area contributed by atoms with Crippen molar-refractivity contribution in [1.29, 1.82) is 0 Å². The van der Waals surface area contributed by atoms with Gasteiger partial charge in [-0.3, -0.25) is 4.79 Å². The number of benzene rings is 1. The molecule has 1 amide bonds. The van der Waals surface area contributed by atoms with Crippen molar-refractivity contribution in [3.8, 4) is 11.5 Å². The summed E-state index contributed by atoms with van der Waals surface area (Å²) in [7, 11) is 1.57. The van der Waals surface area contributed by atoms with Crippen molar-refractivity contribution in [2.45, 2.75) is 39.5 Å². The molecule has 112 valence electrons. The molecule has 1 rings (SSSR count). The van der Waals surface area contributed by atoms with E-state index in [4.69, 9.17) is 9.47 Å². The normalized spacial score (nSPS) is 10.2. The van der Waals surface area contributed by atoms with Gasteiger partial charge in [0.2, 0.25) is 0 Å². The van der Waals surface area contributed by atoms with E-state index in [1.165, 1.54) is 12.8 Å². The summed E-state index contributed by atoms with van der Waals surface area (Å²) in [6.07, 6.45) is 4.59. The fraction of sp³-hybridized carbons (Fsp3) is 0.562. The smallest absolute Gasteiger partial charge is 0.251 e. The van der Waals surface area contributed by atoms with E-state index < -0.39 is 0 Å². The summed E-state index contributed by atoms with van der Waals surface area (Å²) in [5.41, 5.74) is 0.598. The van der Waals surface area contributed by atoms with Crippen LogP contribution in [-0.2, 0) is 0 Å². The Morgan fingerprint density at radius 1 is 1.15 bits per heavy atom. The molecular weight excluding hydrogens is 254 g/mol. The first kappa shape index (κ1) is 16.3. The molecule has 1 aromatic rings. The lowest BCUT2D eigenvalue weighted by Crippen LogP contribution is -2.24. The van der Waals surface area contributed by atoms with Crippen LogP contribution in [0.4, 0.5) is 0 Å². The van der Waals surface area contributed by atoms with Gasteiger partial charge in [0.25, 0.3) is 5.91 Å². The van der Waals surface area contributed by atoms with Gasteiger partial charge in [-0.25, -0.2) is 0 Å². The van der Waals surface area contributed by atoms with Crippen molar-refractivity contribution >= 4 is 5.91 Å². The monoisotopic (exact) mass is 279 g/mol. The third-order valence-corrected chi connectivity index (χ3v) is 3.04. The predicted molar refractivity (Wildman–Crippen MR) is 80.6 cm³/mol. The maximum atomic E-state index is 12.0. The number of ether oxygens (including phenoxy) is 2. The number of hydrogen-bond acceptors (Lipinski definition) is 3. The molecule has 0 unspecified atom stereocenters. The van der Waals surface area contributed by atoms with Crippen LogP contribution in [0.1, 0.15) is 49.9 Å². The average Bonchev–Trinajstić information content (AvgIpc) is 2.47. The van der Waals surface area contributed by atoms with Crippen molar-refractivity contribution < 1.29 is 14.3 Å². The molecule has 20 heavy (non-hydrogen) atoms. The Balaban J connectivity index is 2.55. The van der Waals surface area contributed by atoms with Crippen molar-refractivity contribution in [2.75, 3.05) is 20.3 Å². The van der Waals surface area contributed by atoms with Gasteiger partial charge < -0.3 is 14.8 Å². The summed E-state index contributed by atoms with van der Waals surface area (Å²) in [6, 6.07) is 5.25. The van der Waals surface area contributed by atoms with E-state index >= 15 is 0 Å². The fourth-order valence-corrected chi connectivity index (χ4v) is 1.94. The van der Waals surface area contributed by atoms with Gasteiger partial charge in [0.05, 0.1) is 13.7 Å². The van der Waals surface area contributed by atoms with E-state index in [9.17, 15) is 4.79 Å². The molecule has 4 heteroatoms. The Labute approximate surface area is 121 Å². The SMILES string of the molecule is CCCCCCNC(=O)c1ccc(OCC)c(OC)c1. The summed E-state index contributed by atoms with van der Waals surface area (Å²) in [5.74, 6) is 1.18. The minimum atomic E-state index is -0.0668. The van der Waals surface area contributed by atoms with E-state index in [1.807, 2.05) is 6.92 Å². The Morgan fingerprint density at radius 2 is 1.95 bits per heavy atom. The van der Waals surface area contributed by atoms with Crippen LogP contribution in [0.2, 0.25) is 0 Å². The van der Waals surface area contributed by atoms with E-state index in [0.717, 1.165) is 12.8 Å². The zero-order valence-electron chi connectivity index (χ0n) is 12.7. The molecule has 0 fully saturated rings. The van der Waals surface area contributed by atoms with Crippen molar-refractivity contribution in [3.63, 3.8) is 0 Å². The maximum Gasteiger partial charge on any atom is 0.251 e. The predicted octanol–water partition coefficient (Wildman–Crippen LogP) is 3.40. The molecule has 0 atom stereocenters. The van der Waals surface area contributed by atoms with Gasteiger partial charge in [-0.1, -0.05) is 26.2 Å². The summed E-state index contributed by atoms with van der Waals surface area (Å²) in [4.78, 5) is 12.0. The molecule has 0 bridgehead atoms. The summed E-state index contributed by atoms with van der Waals surface area (Å²) in [5, 5.41) is 2.93. The lowest BCUT2D eigenvalue weighted by Gasteiger charge is -2.11. The molecule has 4 nitrogen and oxygen atoms in total. The highest BCUT2D eigenvalue weighted by atomic mass is 16.5. The zero-order valence-corrected chi connectivity index (χ0v) is 12.7. The van der Waals surface area contributed by atoms with Gasteiger partial charge in [-0.05, 0) is 31.5 Å². The number of carbonyl (C=O) groups excluding carboxylic acids is 1. The van der Waals surface area contributed by atoms with Crippen LogP contribution in [0.25, 0.3) is 0 Å². The van der Waals surface area contributed by atoms with Gasteiger partial charge in [0.1, 0.15) is 0 Å². The number of nitrogens with one attached hydrogen (secondary N) is 1. The van der Waals surface area contributed by atoms with Crippen molar-refractivity contribution in [3.05, 3.63) is 23.8 Å². The van der Waals surface area contributed by atoms with Gasteiger partial charge in [-0.15, -0.1) is 0 Å². The van der Waals surface area contributed by atoms with E-state index in [2.05, 4.69) is 12.2 Å². The standard InChI is InChI=1S/C16H25NO3/c1-4-6-7-8-11-17-16(18)13-9-10-14(20-5-2)15(12-13)19-3/h9-10,12H,4-8,11H2,1-3H3,(H,17,18). The Bertz CT molecular complexity index is 418. The minimum absolute atomic E-state index is 0.0668. The second kappa shape index (κ2) is 9.23. The fourth-order valence-electron chi connectivity index (χ4n) is 1.94. The lowest BCUT2D eigenvalue weighted by atomic mass is 10.1. The van der Waals surface area contributed by atoms with Crippen LogP contribution in [0.5, 0.6) is 11.5 Å². The number of unbranched alkanes of at least 4 members (excludes halogenated alkanes) is 3. The Kier molecular flexibility index (Phi) is 7.55.